The van der Waals surface area contributed by atoms with Crippen molar-refractivity contribution in [1.29, 1.82) is 5.26 Å². The molecule has 1 atom stereocenters. The molecule has 0 amide bonds. The van der Waals surface area contributed by atoms with Crippen LogP contribution in [0.3, 0.4) is 0 Å². The normalized spacial score (nSPS) is 18.1. The molecule has 1 N–H and O–H groups in total. The highest BCUT2D eigenvalue weighted by atomic mass is 16.5. The Morgan fingerprint density at radius 3 is 3.10 bits per heavy atom. The van der Waals surface area contributed by atoms with Gasteiger partial charge in [-0.25, -0.2) is 0 Å². The third-order valence-corrected chi connectivity index (χ3v) is 3.69. The van der Waals surface area contributed by atoms with Crippen LogP contribution in [0.15, 0.2) is 30.5 Å². The second-order valence-electron chi connectivity index (χ2n) is 5.03. The van der Waals surface area contributed by atoms with Crippen molar-refractivity contribution in [2.75, 3.05) is 18.5 Å². The van der Waals surface area contributed by atoms with Gasteiger partial charge in [0.2, 0.25) is 0 Å². The summed E-state index contributed by atoms with van der Waals surface area (Å²) in [6, 6.07) is 10.1. The number of aromatic nitrogens is 1. The van der Waals surface area contributed by atoms with Crippen LogP contribution in [0, 0.1) is 11.3 Å². The number of nitrogens with one attached hydrogen (secondary N) is 1. The summed E-state index contributed by atoms with van der Waals surface area (Å²) in [5, 5.41) is 13.6. The van der Waals surface area contributed by atoms with Gasteiger partial charge in [-0.1, -0.05) is 18.2 Å². The monoisotopic (exact) mass is 267 g/mol. The maximum Gasteiger partial charge on any atom is 0.103 e. The summed E-state index contributed by atoms with van der Waals surface area (Å²) in [6.07, 6.45) is 5.27. The SMILES string of the molecule is N#Cc1cnc2ccccc2c1NCCC1CCCO1. The largest absolute Gasteiger partial charge is 0.383 e. The zero-order valence-corrected chi connectivity index (χ0v) is 11.3. The fourth-order valence-corrected chi connectivity index (χ4v) is 2.65. The van der Waals surface area contributed by atoms with Gasteiger partial charge in [0.05, 0.1) is 22.9 Å². The fourth-order valence-electron chi connectivity index (χ4n) is 2.65. The fraction of sp³-hybridized carbons (Fsp3) is 0.375. The standard InChI is InChI=1S/C16H17N3O/c17-10-12-11-19-15-6-2-1-5-14(15)16(12)18-8-7-13-4-3-9-20-13/h1-2,5-6,11,13H,3-4,7-9H2,(H,18,19). The highest BCUT2D eigenvalue weighted by molar-refractivity contribution is 5.93. The first-order chi connectivity index (χ1) is 9.88. The maximum atomic E-state index is 9.23. The van der Waals surface area contributed by atoms with Crippen molar-refractivity contribution in [3.63, 3.8) is 0 Å². The predicted octanol–water partition coefficient (Wildman–Crippen LogP) is 3.09. The van der Waals surface area contributed by atoms with Gasteiger partial charge in [-0.3, -0.25) is 4.98 Å². The maximum absolute atomic E-state index is 9.23. The second kappa shape index (κ2) is 5.89. The number of hydrogen-bond acceptors (Lipinski definition) is 4. The molecule has 2 aromatic rings. The lowest BCUT2D eigenvalue weighted by Gasteiger charge is -2.13. The first-order valence-electron chi connectivity index (χ1n) is 7.02. The van der Waals surface area contributed by atoms with Crippen molar-refractivity contribution < 1.29 is 4.74 Å². The van der Waals surface area contributed by atoms with E-state index in [1.807, 2.05) is 24.3 Å². The van der Waals surface area contributed by atoms with Crippen LogP contribution in [0.25, 0.3) is 10.9 Å². The van der Waals surface area contributed by atoms with Crippen LogP contribution in [-0.4, -0.2) is 24.2 Å². The average molecular weight is 267 g/mol. The van der Waals surface area contributed by atoms with E-state index in [0.717, 1.165) is 49.0 Å². The average Bonchev–Trinajstić information content (AvgIpc) is 3.00. The number of benzene rings is 1. The van der Waals surface area contributed by atoms with Gasteiger partial charge in [-0.2, -0.15) is 5.26 Å². The smallest absolute Gasteiger partial charge is 0.103 e. The highest BCUT2D eigenvalue weighted by Gasteiger charge is 2.15. The van der Waals surface area contributed by atoms with E-state index in [-0.39, 0.29) is 0 Å². The molecular formula is C16H17N3O. The van der Waals surface area contributed by atoms with Crippen molar-refractivity contribution in [3.05, 3.63) is 36.0 Å². The molecule has 1 fully saturated rings. The quantitative estimate of drug-likeness (QED) is 0.924. The molecule has 0 bridgehead atoms. The molecule has 20 heavy (non-hydrogen) atoms. The summed E-state index contributed by atoms with van der Waals surface area (Å²) < 4.78 is 5.62. The molecule has 1 unspecified atom stereocenters. The van der Waals surface area contributed by atoms with Gasteiger partial charge in [-0.05, 0) is 25.3 Å². The number of ether oxygens (including phenoxy) is 1. The van der Waals surface area contributed by atoms with E-state index in [4.69, 9.17) is 4.74 Å². The van der Waals surface area contributed by atoms with E-state index in [9.17, 15) is 5.26 Å². The molecule has 1 saturated heterocycles. The zero-order chi connectivity index (χ0) is 13.8. The molecule has 0 spiro atoms. The van der Waals surface area contributed by atoms with Gasteiger partial charge in [0.25, 0.3) is 0 Å². The molecule has 0 aliphatic carbocycles. The predicted molar refractivity (Wildman–Crippen MR) is 78.5 cm³/mol. The zero-order valence-electron chi connectivity index (χ0n) is 11.3. The number of hydrogen-bond donors (Lipinski definition) is 1. The van der Waals surface area contributed by atoms with E-state index in [1.54, 1.807) is 6.20 Å². The Morgan fingerprint density at radius 2 is 2.30 bits per heavy atom. The van der Waals surface area contributed by atoms with Crippen molar-refractivity contribution in [1.82, 2.24) is 4.98 Å². The summed E-state index contributed by atoms with van der Waals surface area (Å²) in [7, 11) is 0. The number of para-hydroxylation sites is 1. The van der Waals surface area contributed by atoms with Gasteiger partial charge in [0.1, 0.15) is 6.07 Å². The Bertz CT molecular complexity index is 642. The number of nitrogens with zero attached hydrogens (tertiary/aromatic N) is 2. The van der Waals surface area contributed by atoms with Crippen molar-refractivity contribution in [2.45, 2.75) is 25.4 Å². The number of fused-ring (bicyclic) bond motifs is 1. The van der Waals surface area contributed by atoms with E-state index in [2.05, 4.69) is 16.4 Å². The van der Waals surface area contributed by atoms with Crippen LogP contribution in [0.2, 0.25) is 0 Å². The lowest BCUT2D eigenvalue weighted by molar-refractivity contribution is 0.107. The molecule has 1 aliphatic heterocycles. The van der Waals surface area contributed by atoms with Gasteiger partial charge < -0.3 is 10.1 Å². The summed E-state index contributed by atoms with van der Waals surface area (Å²) in [6.45, 7) is 1.69. The van der Waals surface area contributed by atoms with Crippen molar-refractivity contribution >= 4 is 16.6 Å². The van der Waals surface area contributed by atoms with Crippen LogP contribution in [0.4, 0.5) is 5.69 Å². The van der Waals surface area contributed by atoms with Gasteiger partial charge in [0, 0.05) is 24.7 Å². The minimum absolute atomic E-state index is 0.362. The number of rotatable bonds is 4. The molecular weight excluding hydrogens is 250 g/mol. The first kappa shape index (κ1) is 12.9. The molecule has 2 heterocycles. The Hall–Kier alpha value is -2.12. The summed E-state index contributed by atoms with van der Waals surface area (Å²) in [5.41, 5.74) is 2.39. The number of nitriles is 1. The lowest BCUT2D eigenvalue weighted by atomic mass is 10.1. The van der Waals surface area contributed by atoms with E-state index >= 15 is 0 Å². The van der Waals surface area contributed by atoms with Gasteiger partial charge >= 0.3 is 0 Å². The van der Waals surface area contributed by atoms with E-state index < -0.39 is 0 Å². The van der Waals surface area contributed by atoms with Gasteiger partial charge in [0.15, 0.2) is 0 Å². The minimum Gasteiger partial charge on any atom is -0.383 e. The van der Waals surface area contributed by atoms with Crippen LogP contribution >= 0.6 is 0 Å². The second-order valence-corrected chi connectivity index (χ2v) is 5.03. The molecule has 1 aromatic heterocycles. The third-order valence-electron chi connectivity index (χ3n) is 3.69. The number of pyridine rings is 1. The Labute approximate surface area is 118 Å². The summed E-state index contributed by atoms with van der Waals surface area (Å²) in [4.78, 5) is 4.31. The molecule has 3 rings (SSSR count). The van der Waals surface area contributed by atoms with E-state index in [0.29, 0.717) is 11.7 Å². The molecule has 4 nitrogen and oxygen atoms in total. The molecule has 1 aromatic carbocycles. The minimum atomic E-state index is 0.362. The van der Waals surface area contributed by atoms with E-state index in [1.165, 1.54) is 0 Å². The van der Waals surface area contributed by atoms with Crippen LogP contribution < -0.4 is 5.32 Å². The molecule has 0 saturated carbocycles. The van der Waals surface area contributed by atoms with Gasteiger partial charge in [-0.15, -0.1) is 0 Å². The Balaban J connectivity index is 1.79. The summed E-state index contributed by atoms with van der Waals surface area (Å²) in [5.74, 6) is 0. The lowest BCUT2D eigenvalue weighted by Crippen LogP contribution is -2.13. The third kappa shape index (κ3) is 2.59. The Morgan fingerprint density at radius 1 is 1.40 bits per heavy atom. The van der Waals surface area contributed by atoms with Crippen LogP contribution in [0.5, 0.6) is 0 Å². The van der Waals surface area contributed by atoms with Crippen LogP contribution in [-0.2, 0) is 4.74 Å². The molecule has 102 valence electrons. The Kier molecular flexibility index (Phi) is 3.80. The molecule has 0 radical (unpaired) electrons. The van der Waals surface area contributed by atoms with Crippen molar-refractivity contribution in [2.24, 2.45) is 0 Å². The first-order valence-corrected chi connectivity index (χ1v) is 7.02. The number of anilines is 1. The van der Waals surface area contributed by atoms with Crippen LogP contribution in [0.1, 0.15) is 24.8 Å². The van der Waals surface area contributed by atoms with Crippen molar-refractivity contribution in [3.8, 4) is 6.07 Å². The molecule has 4 heteroatoms. The highest BCUT2D eigenvalue weighted by Crippen LogP contribution is 2.25. The summed E-state index contributed by atoms with van der Waals surface area (Å²) >= 11 is 0. The topological polar surface area (TPSA) is 57.9 Å². The molecule has 1 aliphatic rings.